The van der Waals surface area contributed by atoms with Crippen LogP contribution in [0.15, 0.2) is 36.7 Å². The second-order valence-electron chi connectivity index (χ2n) is 4.27. The van der Waals surface area contributed by atoms with Crippen molar-refractivity contribution >= 4 is 0 Å². The molecule has 0 saturated heterocycles. The maximum absolute atomic E-state index is 4.62. The van der Waals surface area contributed by atoms with Gasteiger partial charge in [0, 0.05) is 23.7 Å². The van der Waals surface area contributed by atoms with Gasteiger partial charge in [0.2, 0.25) is 0 Å². The van der Waals surface area contributed by atoms with Gasteiger partial charge in [0.15, 0.2) is 0 Å². The Morgan fingerprint density at radius 1 is 1.12 bits per heavy atom. The van der Waals surface area contributed by atoms with E-state index in [0.29, 0.717) is 5.92 Å². The van der Waals surface area contributed by atoms with Gasteiger partial charge in [-0.25, -0.2) is 0 Å². The van der Waals surface area contributed by atoms with Crippen molar-refractivity contribution in [2.45, 2.75) is 26.7 Å². The smallest absolute Gasteiger partial charge is 0.0720 e. The van der Waals surface area contributed by atoms with E-state index in [-0.39, 0.29) is 0 Å². The van der Waals surface area contributed by atoms with E-state index in [1.165, 1.54) is 5.56 Å². The summed E-state index contributed by atoms with van der Waals surface area (Å²) in [6.45, 7) is 6.44. The molecule has 0 radical (unpaired) electrons. The zero-order chi connectivity index (χ0) is 11.5. The van der Waals surface area contributed by atoms with Crippen molar-refractivity contribution < 1.29 is 0 Å². The first-order chi connectivity index (χ1) is 7.68. The summed E-state index contributed by atoms with van der Waals surface area (Å²) in [4.78, 5) is 8.73. The zero-order valence-corrected chi connectivity index (χ0v) is 9.94. The van der Waals surface area contributed by atoms with Crippen LogP contribution in [0, 0.1) is 6.92 Å². The first-order valence-corrected chi connectivity index (χ1v) is 5.56. The molecule has 16 heavy (non-hydrogen) atoms. The minimum Gasteiger partial charge on any atom is -0.264 e. The van der Waals surface area contributed by atoms with Crippen LogP contribution >= 0.6 is 0 Å². The van der Waals surface area contributed by atoms with Gasteiger partial charge in [0.1, 0.15) is 0 Å². The summed E-state index contributed by atoms with van der Waals surface area (Å²) in [5, 5.41) is 0. The fraction of sp³-hybridized carbons (Fsp3) is 0.286. The highest BCUT2D eigenvalue weighted by Crippen LogP contribution is 2.22. The molecule has 0 aliphatic heterocycles. The first-order valence-electron chi connectivity index (χ1n) is 5.56. The highest BCUT2D eigenvalue weighted by molar-refractivity contribution is 5.58. The maximum atomic E-state index is 4.62. The summed E-state index contributed by atoms with van der Waals surface area (Å²) < 4.78 is 0. The molecule has 82 valence electrons. The molecule has 0 bridgehead atoms. The Bertz CT molecular complexity index is 475. The fourth-order valence-corrected chi connectivity index (χ4v) is 1.86. The van der Waals surface area contributed by atoms with Crippen molar-refractivity contribution in [3.63, 3.8) is 0 Å². The van der Waals surface area contributed by atoms with Crippen LogP contribution in [-0.4, -0.2) is 9.97 Å². The Labute approximate surface area is 96.4 Å². The van der Waals surface area contributed by atoms with E-state index in [1.807, 2.05) is 18.3 Å². The molecule has 0 N–H and O–H groups in total. The Hall–Kier alpha value is -1.70. The molecule has 0 spiro atoms. The average Bonchev–Trinajstić information content (AvgIpc) is 2.29. The monoisotopic (exact) mass is 212 g/mol. The number of nitrogens with zero attached hydrogens (tertiary/aromatic N) is 2. The zero-order valence-electron chi connectivity index (χ0n) is 9.94. The topological polar surface area (TPSA) is 25.8 Å². The number of pyridine rings is 2. The minimum atomic E-state index is 0.524. The molecule has 0 aliphatic rings. The van der Waals surface area contributed by atoms with E-state index in [0.717, 1.165) is 17.0 Å². The van der Waals surface area contributed by atoms with E-state index in [1.54, 1.807) is 6.20 Å². The van der Waals surface area contributed by atoms with Gasteiger partial charge in [-0.05, 0) is 36.6 Å². The van der Waals surface area contributed by atoms with Crippen LogP contribution in [0.5, 0.6) is 0 Å². The molecule has 0 amide bonds. The van der Waals surface area contributed by atoms with Crippen LogP contribution < -0.4 is 0 Å². The van der Waals surface area contributed by atoms with Gasteiger partial charge in [0.25, 0.3) is 0 Å². The fourth-order valence-electron chi connectivity index (χ4n) is 1.86. The van der Waals surface area contributed by atoms with Gasteiger partial charge in [-0.1, -0.05) is 19.9 Å². The summed E-state index contributed by atoms with van der Waals surface area (Å²) in [5.74, 6) is 0.524. The van der Waals surface area contributed by atoms with Crippen molar-refractivity contribution in [1.82, 2.24) is 9.97 Å². The quantitative estimate of drug-likeness (QED) is 0.760. The van der Waals surface area contributed by atoms with Gasteiger partial charge in [-0.15, -0.1) is 0 Å². The number of aromatic nitrogens is 2. The van der Waals surface area contributed by atoms with Gasteiger partial charge < -0.3 is 0 Å². The Balaban J connectivity index is 2.43. The average molecular weight is 212 g/mol. The third-order valence-electron chi connectivity index (χ3n) is 2.71. The van der Waals surface area contributed by atoms with Crippen LogP contribution in [0.3, 0.4) is 0 Å². The van der Waals surface area contributed by atoms with E-state index >= 15 is 0 Å². The lowest BCUT2D eigenvalue weighted by Gasteiger charge is -2.10. The summed E-state index contributed by atoms with van der Waals surface area (Å²) in [6.07, 6.45) is 3.62. The van der Waals surface area contributed by atoms with E-state index in [2.05, 4.69) is 42.9 Å². The molecule has 0 unspecified atom stereocenters. The van der Waals surface area contributed by atoms with Gasteiger partial charge >= 0.3 is 0 Å². The molecule has 0 atom stereocenters. The van der Waals surface area contributed by atoms with Crippen molar-refractivity contribution in [1.29, 1.82) is 0 Å². The molecule has 2 heteroatoms. The normalized spacial score (nSPS) is 10.8. The van der Waals surface area contributed by atoms with Crippen molar-refractivity contribution in [3.05, 3.63) is 47.9 Å². The van der Waals surface area contributed by atoms with Gasteiger partial charge in [-0.3, -0.25) is 9.97 Å². The first kappa shape index (κ1) is 10.8. The Kier molecular flexibility index (Phi) is 3.00. The summed E-state index contributed by atoms with van der Waals surface area (Å²) in [5.41, 5.74) is 4.49. The van der Waals surface area contributed by atoms with Crippen LogP contribution in [0.25, 0.3) is 11.3 Å². The Morgan fingerprint density at radius 2 is 1.94 bits per heavy atom. The summed E-state index contributed by atoms with van der Waals surface area (Å²) in [7, 11) is 0. The largest absolute Gasteiger partial charge is 0.264 e. The van der Waals surface area contributed by atoms with Crippen LogP contribution in [0.1, 0.15) is 31.0 Å². The van der Waals surface area contributed by atoms with Crippen molar-refractivity contribution in [2.24, 2.45) is 0 Å². The standard InChI is InChI=1S/C14H16N2/c1-10(2)13-6-7-14(16-11(13)3)12-5-4-8-15-9-12/h4-10H,1-3H3. The molecular formula is C14H16N2. The predicted octanol–water partition coefficient (Wildman–Crippen LogP) is 3.58. The predicted molar refractivity (Wildman–Crippen MR) is 66.3 cm³/mol. The summed E-state index contributed by atoms with van der Waals surface area (Å²) in [6, 6.07) is 8.20. The van der Waals surface area contributed by atoms with Gasteiger partial charge in [0.05, 0.1) is 5.69 Å². The lowest BCUT2D eigenvalue weighted by molar-refractivity contribution is 0.844. The molecule has 0 saturated carbocycles. The third-order valence-corrected chi connectivity index (χ3v) is 2.71. The van der Waals surface area contributed by atoms with Crippen molar-refractivity contribution in [2.75, 3.05) is 0 Å². The molecule has 2 heterocycles. The number of hydrogen-bond donors (Lipinski definition) is 0. The second kappa shape index (κ2) is 4.44. The van der Waals surface area contributed by atoms with Gasteiger partial charge in [-0.2, -0.15) is 0 Å². The van der Waals surface area contributed by atoms with E-state index in [4.69, 9.17) is 0 Å². The van der Waals surface area contributed by atoms with Crippen LogP contribution in [-0.2, 0) is 0 Å². The summed E-state index contributed by atoms with van der Waals surface area (Å²) >= 11 is 0. The van der Waals surface area contributed by atoms with Crippen molar-refractivity contribution in [3.8, 4) is 11.3 Å². The SMILES string of the molecule is Cc1nc(-c2cccnc2)ccc1C(C)C. The minimum absolute atomic E-state index is 0.524. The van der Waals surface area contributed by atoms with E-state index in [9.17, 15) is 0 Å². The molecule has 0 aromatic carbocycles. The lowest BCUT2D eigenvalue weighted by atomic mass is 10.0. The molecule has 0 aliphatic carbocycles. The maximum Gasteiger partial charge on any atom is 0.0720 e. The third kappa shape index (κ3) is 2.11. The molecule has 2 nitrogen and oxygen atoms in total. The Morgan fingerprint density at radius 3 is 2.50 bits per heavy atom. The molecular weight excluding hydrogens is 196 g/mol. The highest BCUT2D eigenvalue weighted by atomic mass is 14.7. The second-order valence-corrected chi connectivity index (χ2v) is 4.27. The molecule has 2 aromatic rings. The van der Waals surface area contributed by atoms with Crippen LogP contribution in [0.4, 0.5) is 0 Å². The molecule has 2 rings (SSSR count). The molecule has 0 fully saturated rings. The molecule has 2 aromatic heterocycles. The number of hydrogen-bond acceptors (Lipinski definition) is 2. The number of rotatable bonds is 2. The highest BCUT2D eigenvalue weighted by Gasteiger charge is 2.06. The van der Waals surface area contributed by atoms with Crippen LogP contribution in [0.2, 0.25) is 0 Å². The number of aryl methyl sites for hydroxylation is 1. The lowest BCUT2D eigenvalue weighted by Crippen LogP contribution is -1.96. The van der Waals surface area contributed by atoms with E-state index < -0.39 is 0 Å².